The molecule has 0 aliphatic carbocycles. The van der Waals surface area contributed by atoms with Crippen LogP contribution in [0, 0.1) is 0 Å². The van der Waals surface area contributed by atoms with Crippen LogP contribution < -0.4 is 0 Å². The molecule has 0 bridgehead atoms. The second-order valence-corrected chi connectivity index (χ2v) is 3.25. The molecule has 0 fully saturated rings. The van der Waals surface area contributed by atoms with Gasteiger partial charge in [-0.05, 0) is 23.6 Å². The van der Waals surface area contributed by atoms with Gasteiger partial charge in [0.05, 0.1) is 2.74 Å². The highest BCUT2D eigenvalue weighted by atomic mass is 14.1. The van der Waals surface area contributed by atoms with E-state index in [0.29, 0.717) is 12.1 Å². The Morgan fingerprint density at radius 3 is 1.87 bits per heavy atom. The average Bonchev–Trinajstić information content (AvgIpc) is 2.34. The number of hydrogen-bond donors (Lipinski definition) is 0. The van der Waals surface area contributed by atoms with Crippen molar-refractivity contribution in [3.63, 3.8) is 0 Å². The number of rotatable bonds is 2. The van der Waals surface area contributed by atoms with Crippen molar-refractivity contribution in [2.75, 3.05) is 0 Å². The van der Waals surface area contributed by atoms with Crippen molar-refractivity contribution < 1.29 is 2.74 Å². The fraction of sp³-hybridized carbons (Fsp3) is 0.0667. The molecule has 0 N–H and O–H groups in total. The van der Waals surface area contributed by atoms with Crippen LogP contribution in [0.3, 0.4) is 0 Å². The molecule has 0 spiro atoms. The molecule has 0 radical (unpaired) electrons. The van der Waals surface area contributed by atoms with Crippen LogP contribution in [0.25, 0.3) is 5.57 Å². The summed E-state index contributed by atoms with van der Waals surface area (Å²) in [6.07, 6.45) is 1.96. The van der Waals surface area contributed by atoms with Crippen molar-refractivity contribution in [1.82, 2.24) is 0 Å². The molecule has 74 valence electrons. The molecule has 2 aromatic rings. The summed E-state index contributed by atoms with van der Waals surface area (Å²) in [6, 6.07) is 15.9. The summed E-state index contributed by atoms with van der Waals surface area (Å²) in [4.78, 5) is 0. The maximum atomic E-state index is 7.92. The second kappa shape index (κ2) is 4.61. The molecule has 0 saturated carbocycles. The number of benzene rings is 2. The van der Waals surface area contributed by atoms with Gasteiger partial charge in [0.1, 0.15) is 0 Å². The molecule has 0 nitrogen and oxygen atoms in total. The molecule has 0 unspecified atom stereocenters. The normalized spacial score (nSPS) is 11.5. The van der Waals surface area contributed by atoms with E-state index in [1.807, 2.05) is 49.4 Å². The van der Waals surface area contributed by atoms with E-state index in [4.69, 9.17) is 2.74 Å². The van der Waals surface area contributed by atoms with E-state index in [0.717, 1.165) is 16.7 Å². The topological polar surface area (TPSA) is 0 Å². The zero-order valence-electron chi connectivity index (χ0n) is 10.7. The lowest BCUT2D eigenvalue weighted by Crippen LogP contribution is -1.86. The predicted molar refractivity (Wildman–Crippen MR) is 65.6 cm³/mol. The largest absolute Gasteiger partial charge is 0.0792 e. The van der Waals surface area contributed by atoms with E-state index < -0.39 is 0 Å². The lowest BCUT2D eigenvalue weighted by molar-refractivity contribution is 1.53. The van der Waals surface area contributed by atoms with E-state index in [2.05, 4.69) is 0 Å². The number of allylic oxidation sites excluding steroid dienone is 1. The van der Waals surface area contributed by atoms with Gasteiger partial charge in [0.25, 0.3) is 0 Å². The summed E-state index contributed by atoms with van der Waals surface area (Å²) in [6.45, 7) is 1.94. The third kappa shape index (κ3) is 2.16. The Kier molecular flexibility index (Phi) is 2.29. The minimum Gasteiger partial charge on any atom is -0.0792 e. The van der Waals surface area contributed by atoms with E-state index in [-0.39, 0.29) is 0 Å². The third-order valence-electron chi connectivity index (χ3n) is 2.29. The Morgan fingerprint density at radius 2 is 1.47 bits per heavy atom. The van der Waals surface area contributed by atoms with Gasteiger partial charge in [-0.1, -0.05) is 66.7 Å². The fourth-order valence-electron chi connectivity index (χ4n) is 1.58. The highest BCUT2D eigenvalue weighted by molar-refractivity contribution is 5.79. The summed E-state index contributed by atoms with van der Waals surface area (Å²) in [5.41, 5.74) is 2.69. The summed E-state index contributed by atoms with van der Waals surface area (Å²) in [7, 11) is 0. The SMILES string of the molecule is [2H]c1ccccc1C(=CC)c1ccccc1[2H]. The molecular formula is C15H14. The van der Waals surface area contributed by atoms with Crippen molar-refractivity contribution in [3.8, 4) is 0 Å². The first kappa shape index (κ1) is 7.47. The highest BCUT2D eigenvalue weighted by Crippen LogP contribution is 2.22. The molecule has 0 aliphatic rings. The van der Waals surface area contributed by atoms with Gasteiger partial charge >= 0.3 is 0 Å². The van der Waals surface area contributed by atoms with Crippen molar-refractivity contribution in [3.05, 3.63) is 77.8 Å². The zero-order valence-corrected chi connectivity index (χ0v) is 8.70. The van der Waals surface area contributed by atoms with Gasteiger partial charge in [-0.25, -0.2) is 0 Å². The monoisotopic (exact) mass is 196 g/mol. The third-order valence-corrected chi connectivity index (χ3v) is 2.29. The van der Waals surface area contributed by atoms with Crippen molar-refractivity contribution in [2.24, 2.45) is 0 Å². The fourth-order valence-corrected chi connectivity index (χ4v) is 1.58. The molecule has 0 heteroatoms. The zero-order chi connectivity index (χ0) is 12.3. The molecular weight excluding hydrogens is 180 g/mol. The van der Waals surface area contributed by atoms with Crippen LogP contribution >= 0.6 is 0 Å². The Hall–Kier alpha value is -1.82. The lowest BCUT2D eigenvalue weighted by atomic mass is 9.98. The van der Waals surface area contributed by atoms with Crippen LogP contribution in [0.2, 0.25) is 0 Å². The Balaban J connectivity index is 2.57. The van der Waals surface area contributed by atoms with Gasteiger partial charge in [0.15, 0.2) is 0 Å². The van der Waals surface area contributed by atoms with Crippen molar-refractivity contribution in [2.45, 2.75) is 6.92 Å². The minimum absolute atomic E-state index is 0.490. The highest BCUT2D eigenvalue weighted by Gasteiger charge is 2.01. The van der Waals surface area contributed by atoms with Crippen molar-refractivity contribution >= 4 is 5.57 Å². The first-order chi connectivity index (χ1) is 8.24. The summed E-state index contributed by atoms with van der Waals surface area (Å²) >= 11 is 0. The van der Waals surface area contributed by atoms with E-state index in [9.17, 15) is 0 Å². The Morgan fingerprint density at radius 1 is 0.933 bits per heavy atom. The molecule has 0 aromatic heterocycles. The first-order valence-corrected chi connectivity index (χ1v) is 5.02. The van der Waals surface area contributed by atoms with E-state index in [1.165, 1.54) is 0 Å². The molecule has 0 heterocycles. The summed E-state index contributed by atoms with van der Waals surface area (Å²) in [5.74, 6) is 0. The maximum absolute atomic E-state index is 7.92. The quantitative estimate of drug-likeness (QED) is 0.677. The van der Waals surface area contributed by atoms with E-state index >= 15 is 0 Å². The van der Waals surface area contributed by atoms with Gasteiger partial charge in [-0.3, -0.25) is 0 Å². The van der Waals surface area contributed by atoms with E-state index in [1.54, 1.807) is 12.1 Å². The molecule has 15 heavy (non-hydrogen) atoms. The molecule has 0 aliphatic heterocycles. The van der Waals surface area contributed by atoms with Gasteiger partial charge in [0, 0.05) is 0 Å². The maximum Gasteiger partial charge on any atom is 0.0629 e. The molecule has 0 atom stereocenters. The van der Waals surface area contributed by atoms with Crippen LogP contribution in [0.5, 0.6) is 0 Å². The molecule has 2 rings (SSSR count). The second-order valence-electron chi connectivity index (χ2n) is 3.25. The van der Waals surface area contributed by atoms with Crippen LogP contribution in [0.15, 0.2) is 66.7 Å². The standard InChI is InChI=1S/C15H14/c1-2-15(13-9-5-3-6-10-13)14-11-7-4-8-12-14/h2-12H,1H3/i9D,11D. The molecule has 0 amide bonds. The summed E-state index contributed by atoms with van der Waals surface area (Å²) in [5, 5.41) is 0. The average molecular weight is 196 g/mol. The summed E-state index contributed by atoms with van der Waals surface area (Å²) < 4.78 is 15.8. The van der Waals surface area contributed by atoms with Gasteiger partial charge < -0.3 is 0 Å². The minimum atomic E-state index is 0.490. The predicted octanol–water partition coefficient (Wildman–Crippen LogP) is 4.14. The molecule has 0 saturated heterocycles. The Labute approximate surface area is 93.7 Å². The smallest absolute Gasteiger partial charge is 0.0629 e. The van der Waals surface area contributed by atoms with Crippen LogP contribution in [-0.2, 0) is 0 Å². The number of hydrogen-bond acceptors (Lipinski definition) is 0. The van der Waals surface area contributed by atoms with Gasteiger partial charge in [-0.2, -0.15) is 0 Å². The molecule has 2 aromatic carbocycles. The van der Waals surface area contributed by atoms with Crippen LogP contribution in [-0.4, -0.2) is 0 Å². The van der Waals surface area contributed by atoms with Crippen molar-refractivity contribution in [1.29, 1.82) is 0 Å². The Bertz CT molecular complexity index is 509. The van der Waals surface area contributed by atoms with Crippen LogP contribution in [0.1, 0.15) is 20.8 Å². The van der Waals surface area contributed by atoms with Crippen LogP contribution in [0.4, 0.5) is 0 Å². The lowest BCUT2D eigenvalue weighted by Gasteiger charge is -2.06. The first-order valence-electron chi connectivity index (χ1n) is 6.02. The van der Waals surface area contributed by atoms with Gasteiger partial charge in [-0.15, -0.1) is 0 Å². The van der Waals surface area contributed by atoms with Gasteiger partial charge in [0.2, 0.25) is 0 Å².